The molecular weight excluding hydrogens is 508 g/mol. The van der Waals surface area contributed by atoms with E-state index >= 15 is 0 Å². The molecule has 0 unspecified atom stereocenters. The van der Waals surface area contributed by atoms with E-state index in [2.05, 4.69) is 41.3 Å². The van der Waals surface area contributed by atoms with E-state index in [1.54, 1.807) is 32.0 Å². The molecule has 0 bridgehead atoms. The van der Waals surface area contributed by atoms with Gasteiger partial charge in [-0.2, -0.15) is 0 Å². The van der Waals surface area contributed by atoms with Crippen LogP contribution in [0.2, 0.25) is 0 Å². The van der Waals surface area contributed by atoms with Crippen LogP contribution >= 0.6 is 11.8 Å². The second kappa shape index (κ2) is 14.1. The highest BCUT2D eigenvalue weighted by Gasteiger charge is 2.18. The zero-order chi connectivity index (χ0) is 27.5. The number of benzene rings is 4. The second-order valence-electron chi connectivity index (χ2n) is 8.73. The van der Waals surface area contributed by atoms with E-state index in [1.165, 1.54) is 12.7 Å². The van der Waals surface area contributed by atoms with Crippen molar-refractivity contribution >= 4 is 28.6 Å². The van der Waals surface area contributed by atoms with Gasteiger partial charge in [-0.3, -0.25) is 0 Å². The lowest BCUT2D eigenvalue weighted by Crippen LogP contribution is -2.28. The van der Waals surface area contributed by atoms with Crippen molar-refractivity contribution in [1.29, 1.82) is 0 Å². The number of esters is 1. The lowest BCUT2D eigenvalue weighted by Gasteiger charge is -2.27. The van der Waals surface area contributed by atoms with Gasteiger partial charge >= 0.3 is 5.97 Å². The summed E-state index contributed by atoms with van der Waals surface area (Å²) in [5.74, 6) is 1.92. The zero-order valence-electron chi connectivity index (χ0n) is 22.4. The van der Waals surface area contributed by atoms with Crippen molar-refractivity contribution in [3.05, 3.63) is 125 Å². The SMILES string of the molecule is COC(=O)c1ccccc1N=C(SCc1ccccc1)N(Cc1ccc(OC)cc1)Cc1ccc(OC)cc1. The third-order valence-corrected chi connectivity index (χ3v) is 7.16. The summed E-state index contributed by atoms with van der Waals surface area (Å²) in [6.45, 7) is 1.22. The summed E-state index contributed by atoms with van der Waals surface area (Å²) >= 11 is 1.63. The molecule has 4 aromatic carbocycles. The molecule has 200 valence electrons. The van der Waals surface area contributed by atoms with Crippen LogP contribution in [-0.2, 0) is 23.6 Å². The molecule has 0 spiro atoms. The number of methoxy groups -OCH3 is 3. The van der Waals surface area contributed by atoms with Crippen molar-refractivity contribution in [3.8, 4) is 11.5 Å². The zero-order valence-corrected chi connectivity index (χ0v) is 23.2. The molecule has 4 aromatic rings. The minimum Gasteiger partial charge on any atom is -0.497 e. The van der Waals surface area contributed by atoms with Crippen LogP contribution in [0.1, 0.15) is 27.0 Å². The fourth-order valence-electron chi connectivity index (χ4n) is 3.97. The minimum atomic E-state index is -0.418. The highest BCUT2D eigenvalue weighted by molar-refractivity contribution is 8.13. The molecule has 6 nitrogen and oxygen atoms in total. The van der Waals surface area contributed by atoms with Gasteiger partial charge in [0.15, 0.2) is 5.17 Å². The van der Waals surface area contributed by atoms with Crippen molar-refractivity contribution in [2.24, 2.45) is 4.99 Å². The molecule has 0 aliphatic heterocycles. The third kappa shape index (κ3) is 7.88. The topological polar surface area (TPSA) is 60.4 Å². The highest BCUT2D eigenvalue weighted by atomic mass is 32.2. The van der Waals surface area contributed by atoms with Crippen molar-refractivity contribution in [3.63, 3.8) is 0 Å². The van der Waals surface area contributed by atoms with E-state index in [-0.39, 0.29) is 0 Å². The minimum absolute atomic E-state index is 0.418. The Bertz CT molecular complexity index is 1320. The second-order valence-corrected chi connectivity index (χ2v) is 9.67. The first kappa shape index (κ1) is 27.8. The summed E-state index contributed by atoms with van der Waals surface area (Å²) in [6, 6.07) is 33.6. The predicted molar refractivity (Wildman–Crippen MR) is 158 cm³/mol. The van der Waals surface area contributed by atoms with E-state index in [0.717, 1.165) is 33.5 Å². The molecule has 0 saturated heterocycles. The van der Waals surface area contributed by atoms with Crippen LogP contribution in [0, 0.1) is 0 Å². The largest absolute Gasteiger partial charge is 0.497 e. The number of hydrogen-bond acceptors (Lipinski definition) is 6. The van der Waals surface area contributed by atoms with Crippen molar-refractivity contribution in [2.45, 2.75) is 18.8 Å². The molecule has 0 radical (unpaired) electrons. The Morgan fingerprint density at radius 2 is 1.23 bits per heavy atom. The number of nitrogens with zero attached hydrogens (tertiary/aromatic N) is 2. The van der Waals surface area contributed by atoms with Crippen molar-refractivity contribution in [1.82, 2.24) is 4.90 Å². The predicted octanol–water partition coefficient (Wildman–Crippen LogP) is 7.11. The van der Waals surface area contributed by atoms with Gasteiger partial charge in [-0.1, -0.05) is 78.5 Å². The Balaban J connectivity index is 1.75. The van der Waals surface area contributed by atoms with Crippen LogP contribution < -0.4 is 9.47 Å². The van der Waals surface area contributed by atoms with E-state index < -0.39 is 5.97 Å². The quantitative estimate of drug-likeness (QED) is 0.121. The Kier molecular flexibility index (Phi) is 10.0. The first-order valence-electron chi connectivity index (χ1n) is 12.5. The maximum absolute atomic E-state index is 12.5. The van der Waals surface area contributed by atoms with E-state index in [1.807, 2.05) is 60.7 Å². The van der Waals surface area contributed by atoms with Gasteiger partial charge in [-0.05, 0) is 53.1 Å². The number of amidine groups is 1. The molecule has 0 amide bonds. The number of aliphatic imine (C=N–C) groups is 1. The smallest absolute Gasteiger partial charge is 0.340 e. The first-order chi connectivity index (χ1) is 19.1. The number of carbonyl (C=O) groups is 1. The van der Waals surface area contributed by atoms with Gasteiger partial charge in [-0.15, -0.1) is 0 Å². The molecular formula is C32H32N2O4S. The molecule has 0 atom stereocenters. The van der Waals surface area contributed by atoms with Crippen LogP contribution in [0.5, 0.6) is 11.5 Å². The molecule has 0 aromatic heterocycles. The number of hydrogen-bond donors (Lipinski definition) is 0. The summed E-state index contributed by atoms with van der Waals surface area (Å²) < 4.78 is 15.7. The summed E-state index contributed by atoms with van der Waals surface area (Å²) in [7, 11) is 4.71. The van der Waals surface area contributed by atoms with Crippen LogP contribution in [0.4, 0.5) is 5.69 Å². The molecule has 0 aliphatic rings. The Morgan fingerprint density at radius 3 is 1.77 bits per heavy atom. The average molecular weight is 541 g/mol. The van der Waals surface area contributed by atoms with Crippen LogP contribution in [0.15, 0.2) is 108 Å². The molecule has 4 rings (SSSR count). The molecule has 0 heterocycles. The number of carbonyl (C=O) groups excluding carboxylic acids is 1. The Hall–Kier alpha value is -4.23. The van der Waals surface area contributed by atoms with Gasteiger partial charge in [-0.25, -0.2) is 9.79 Å². The summed E-state index contributed by atoms with van der Waals surface area (Å²) in [5.41, 5.74) is 4.39. The Morgan fingerprint density at radius 1 is 0.692 bits per heavy atom. The number of thioether (sulfide) groups is 1. The van der Waals surface area contributed by atoms with Crippen LogP contribution in [0.3, 0.4) is 0 Å². The average Bonchev–Trinajstić information content (AvgIpc) is 3.00. The maximum atomic E-state index is 12.5. The summed E-state index contributed by atoms with van der Waals surface area (Å²) in [6.07, 6.45) is 0. The molecule has 0 saturated carbocycles. The lowest BCUT2D eigenvalue weighted by molar-refractivity contribution is 0.0601. The van der Waals surface area contributed by atoms with Gasteiger partial charge in [0, 0.05) is 18.8 Å². The number of para-hydroxylation sites is 1. The van der Waals surface area contributed by atoms with E-state index in [9.17, 15) is 4.79 Å². The monoisotopic (exact) mass is 540 g/mol. The summed E-state index contributed by atoms with van der Waals surface area (Å²) in [4.78, 5) is 19.8. The fraction of sp³-hybridized carbons (Fsp3) is 0.188. The van der Waals surface area contributed by atoms with Crippen molar-refractivity contribution < 1.29 is 19.0 Å². The van der Waals surface area contributed by atoms with Crippen LogP contribution in [0.25, 0.3) is 0 Å². The Labute approximate surface area is 234 Å². The molecule has 39 heavy (non-hydrogen) atoms. The number of ether oxygens (including phenoxy) is 3. The normalized spacial score (nSPS) is 11.1. The maximum Gasteiger partial charge on any atom is 0.340 e. The van der Waals surface area contributed by atoms with E-state index in [0.29, 0.717) is 24.3 Å². The molecule has 0 fully saturated rings. The molecule has 7 heteroatoms. The van der Waals surface area contributed by atoms with E-state index in [4.69, 9.17) is 19.2 Å². The molecule has 0 aliphatic carbocycles. The van der Waals surface area contributed by atoms with Gasteiger partial charge in [0.1, 0.15) is 11.5 Å². The number of rotatable bonds is 10. The van der Waals surface area contributed by atoms with Crippen molar-refractivity contribution in [2.75, 3.05) is 21.3 Å². The third-order valence-electron chi connectivity index (χ3n) is 6.07. The first-order valence-corrected chi connectivity index (χ1v) is 13.5. The fourth-order valence-corrected chi connectivity index (χ4v) is 4.93. The highest BCUT2D eigenvalue weighted by Crippen LogP contribution is 2.27. The van der Waals surface area contributed by atoms with Gasteiger partial charge in [0.05, 0.1) is 32.6 Å². The molecule has 0 N–H and O–H groups in total. The van der Waals surface area contributed by atoms with Gasteiger partial charge in [0.25, 0.3) is 0 Å². The van der Waals surface area contributed by atoms with Crippen LogP contribution in [-0.4, -0.2) is 37.4 Å². The van der Waals surface area contributed by atoms with Gasteiger partial charge < -0.3 is 19.1 Å². The lowest BCUT2D eigenvalue weighted by atomic mass is 10.1. The van der Waals surface area contributed by atoms with Gasteiger partial charge in [0.2, 0.25) is 0 Å². The summed E-state index contributed by atoms with van der Waals surface area (Å²) in [5, 5.41) is 0.793. The standard InChI is InChI=1S/C32H32N2O4S/c1-36-27-17-13-24(14-18-27)21-34(22-25-15-19-28(37-2)20-16-25)32(39-23-26-9-5-4-6-10-26)33-30-12-8-7-11-29(30)31(35)38-3/h4-20H,21-23H2,1-3H3.